The summed E-state index contributed by atoms with van der Waals surface area (Å²) >= 11 is 7.58. The monoisotopic (exact) mass is 419 g/mol. The molecule has 2 aromatic carbocycles. The molecule has 1 aliphatic heterocycles. The minimum atomic E-state index is -0.401. The molecule has 0 unspecified atom stereocenters. The van der Waals surface area contributed by atoms with Crippen molar-refractivity contribution in [1.29, 1.82) is 0 Å². The van der Waals surface area contributed by atoms with Crippen LogP contribution in [0.2, 0.25) is 5.02 Å². The molecule has 4 rings (SSSR count). The third-order valence-electron chi connectivity index (χ3n) is 4.02. The Morgan fingerprint density at radius 2 is 2.00 bits per heavy atom. The van der Waals surface area contributed by atoms with Crippen LogP contribution in [-0.4, -0.2) is 24.2 Å². The Kier molecular flexibility index (Phi) is 5.45. The molecule has 0 saturated heterocycles. The lowest BCUT2D eigenvalue weighted by Crippen LogP contribution is -2.16. The summed E-state index contributed by atoms with van der Waals surface area (Å²) < 4.78 is 29.3. The van der Waals surface area contributed by atoms with E-state index >= 15 is 0 Å². The SMILES string of the molecule is O=C(Cc1csc(-c2ccc(F)cc2)n1)OCc1cc(Cl)c2c(c1)OCCO2. The van der Waals surface area contributed by atoms with Crippen molar-refractivity contribution < 1.29 is 23.4 Å². The van der Waals surface area contributed by atoms with E-state index in [2.05, 4.69) is 4.98 Å². The molecule has 144 valence electrons. The molecular formula is C20H15ClFNO4S. The highest BCUT2D eigenvalue weighted by Crippen LogP contribution is 2.38. The zero-order valence-corrected chi connectivity index (χ0v) is 16.2. The van der Waals surface area contributed by atoms with Gasteiger partial charge in [0.15, 0.2) is 11.5 Å². The Balaban J connectivity index is 1.36. The largest absolute Gasteiger partial charge is 0.486 e. The second-order valence-corrected chi connectivity index (χ2v) is 7.36. The van der Waals surface area contributed by atoms with Crippen molar-refractivity contribution in [2.75, 3.05) is 13.2 Å². The molecule has 0 aliphatic carbocycles. The molecule has 0 fully saturated rings. The Hall–Kier alpha value is -2.64. The molecule has 1 aromatic heterocycles. The molecule has 0 bridgehead atoms. The zero-order chi connectivity index (χ0) is 19.5. The smallest absolute Gasteiger partial charge is 0.312 e. The van der Waals surface area contributed by atoms with Crippen LogP contribution in [0.4, 0.5) is 4.39 Å². The van der Waals surface area contributed by atoms with Gasteiger partial charge in [0.2, 0.25) is 0 Å². The molecule has 5 nitrogen and oxygen atoms in total. The maximum atomic E-state index is 13.0. The number of fused-ring (bicyclic) bond motifs is 1. The fraction of sp³-hybridized carbons (Fsp3) is 0.200. The van der Waals surface area contributed by atoms with Crippen molar-refractivity contribution >= 4 is 28.9 Å². The number of rotatable bonds is 5. The highest BCUT2D eigenvalue weighted by atomic mass is 35.5. The number of ether oxygens (including phenoxy) is 3. The van der Waals surface area contributed by atoms with Crippen molar-refractivity contribution in [2.45, 2.75) is 13.0 Å². The average Bonchev–Trinajstić information content (AvgIpc) is 3.15. The molecule has 1 aliphatic rings. The van der Waals surface area contributed by atoms with E-state index in [9.17, 15) is 9.18 Å². The summed E-state index contributed by atoms with van der Waals surface area (Å²) in [6.45, 7) is 0.978. The summed E-state index contributed by atoms with van der Waals surface area (Å²) in [5, 5.41) is 2.94. The van der Waals surface area contributed by atoms with E-state index in [1.54, 1.807) is 29.6 Å². The van der Waals surface area contributed by atoms with Crippen LogP contribution >= 0.6 is 22.9 Å². The number of benzene rings is 2. The van der Waals surface area contributed by atoms with E-state index in [0.29, 0.717) is 41.0 Å². The predicted octanol–water partition coefficient (Wildman–Crippen LogP) is 4.66. The quantitative estimate of drug-likeness (QED) is 0.563. The fourth-order valence-electron chi connectivity index (χ4n) is 2.72. The normalized spacial score (nSPS) is 12.6. The highest BCUT2D eigenvalue weighted by molar-refractivity contribution is 7.13. The first kappa shape index (κ1) is 18.7. The third kappa shape index (κ3) is 4.26. The maximum Gasteiger partial charge on any atom is 0.312 e. The van der Waals surface area contributed by atoms with Gasteiger partial charge in [-0.1, -0.05) is 11.6 Å². The van der Waals surface area contributed by atoms with Crippen molar-refractivity contribution in [2.24, 2.45) is 0 Å². The minimum Gasteiger partial charge on any atom is -0.486 e. The number of esters is 1. The number of hydrogen-bond donors (Lipinski definition) is 0. The summed E-state index contributed by atoms with van der Waals surface area (Å²) in [5.74, 6) is 0.359. The Morgan fingerprint density at radius 3 is 2.82 bits per heavy atom. The van der Waals surface area contributed by atoms with Crippen molar-refractivity contribution in [3.8, 4) is 22.1 Å². The van der Waals surface area contributed by atoms with Crippen molar-refractivity contribution in [1.82, 2.24) is 4.98 Å². The summed E-state index contributed by atoms with van der Waals surface area (Å²) in [4.78, 5) is 16.6. The summed E-state index contributed by atoms with van der Waals surface area (Å²) in [5.41, 5.74) is 2.12. The summed E-state index contributed by atoms with van der Waals surface area (Å²) in [7, 11) is 0. The summed E-state index contributed by atoms with van der Waals surface area (Å²) in [6.07, 6.45) is 0.0516. The van der Waals surface area contributed by atoms with Gasteiger partial charge >= 0.3 is 5.97 Å². The van der Waals surface area contributed by atoms with Gasteiger partial charge in [-0.15, -0.1) is 11.3 Å². The van der Waals surface area contributed by atoms with Crippen LogP contribution in [0.5, 0.6) is 11.5 Å². The molecule has 0 spiro atoms. The Morgan fingerprint density at radius 1 is 1.21 bits per heavy atom. The van der Waals surface area contributed by atoms with Gasteiger partial charge in [-0.3, -0.25) is 4.79 Å². The number of halogens is 2. The first-order valence-electron chi connectivity index (χ1n) is 8.52. The lowest BCUT2D eigenvalue weighted by atomic mass is 10.2. The van der Waals surface area contributed by atoms with E-state index in [-0.39, 0.29) is 18.8 Å². The number of carbonyl (C=O) groups excluding carboxylic acids is 1. The third-order valence-corrected chi connectivity index (χ3v) is 5.25. The minimum absolute atomic E-state index is 0.0516. The Labute approximate surface area is 169 Å². The van der Waals surface area contributed by atoms with Crippen LogP contribution in [0.15, 0.2) is 41.8 Å². The lowest BCUT2D eigenvalue weighted by molar-refractivity contribution is -0.144. The van der Waals surface area contributed by atoms with Crippen LogP contribution in [0.3, 0.4) is 0 Å². The number of hydrogen-bond acceptors (Lipinski definition) is 6. The zero-order valence-electron chi connectivity index (χ0n) is 14.6. The first-order chi connectivity index (χ1) is 13.6. The first-order valence-corrected chi connectivity index (χ1v) is 9.78. The molecule has 8 heteroatoms. The number of carbonyl (C=O) groups is 1. The van der Waals surface area contributed by atoms with Crippen LogP contribution in [-0.2, 0) is 22.6 Å². The van der Waals surface area contributed by atoms with E-state index in [4.69, 9.17) is 25.8 Å². The number of aromatic nitrogens is 1. The highest BCUT2D eigenvalue weighted by Gasteiger charge is 2.17. The molecule has 28 heavy (non-hydrogen) atoms. The van der Waals surface area contributed by atoms with Crippen molar-refractivity contribution in [3.05, 3.63) is 63.9 Å². The number of thiazole rings is 1. The molecular weight excluding hydrogens is 405 g/mol. The topological polar surface area (TPSA) is 57.7 Å². The second kappa shape index (κ2) is 8.16. The molecule has 0 amide bonds. The lowest BCUT2D eigenvalue weighted by Gasteiger charge is -2.20. The van der Waals surface area contributed by atoms with Gasteiger partial charge in [-0.05, 0) is 42.0 Å². The van der Waals surface area contributed by atoms with Gasteiger partial charge in [0, 0.05) is 10.9 Å². The Bertz CT molecular complexity index is 1010. The van der Waals surface area contributed by atoms with Crippen LogP contribution in [0.1, 0.15) is 11.3 Å². The van der Waals surface area contributed by atoms with E-state index < -0.39 is 5.97 Å². The van der Waals surface area contributed by atoms with Gasteiger partial charge in [-0.2, -0.15) is 0 Å². The molecule has 0 saturated carbocycles. The van der Waals surface area contributed by atoms with E-state index in [1.165, 1.54) is 23.5 Å². The van der Waals surface area contributed by atoms with Gasteiger partial charge in [-0.25, -0.2) is 9.37 Å². The van der Waals surface area contributed by atoms with Gasteiger partial charge < -0.3 is 14.2 Å². The van der Waals surface area contributed by atoms with Gasteiger partial charge in [0.25, 0.3) is 0 Å². The second-order valence-electron chi connectivity index (χ2n) is 6.09. The molecule has 0 atom stereocenters. The molecule has 3 aromatic rings. The molecule has 0 N–H and O–H groups in total. The fourth-order valence-corrected chi connectivity index (χ4v) is 3.84. The molecule has 0 radical (unpaired) electrons. The molecule has 2 heterocycles. The number of nitrogens with zero attached hydrogens (tertiary/aromatic N) is 1. The summed E-state index contributed by atoms with van der Waals surface area (Å²) in [6, 6.07) is 9.51. The predicted molar refractivity (Wildman–Crippen MR) is 103 cm³/mol. The average molecular weight is 420 g/mol. The van der Waals surface area contributed by atoms with Gasteiger partial charge in [0.1, 0.15) is 30.6 Å². The van der Waals surface area contributed by atoms with Crippen molar-refractivity contribution in [3.63, 3.8) is 0 Å². The van der Waals surface area contributed by atoms with E-state index in [1.807, 2.05) is 0 Å². The standard InChI is InChI=1S/C20H15ClFNO4S/c21-16-7-12(8-17-19(16)26-6-5-25-17)10-27-18(24)9-15-11-28-20(23-15)13-1-3-14(22)4-2-13/h1-4,7-8,11H,5-6,9-10H2. The maximum absolute atomic E-state index is 13.0. The van der Waals surface area contributed by atoms with Crippen LogP contribution in [0, 0.1) is 5.82 Å². The van der Waals surface area contributed by atoms with Crippen LogP contribution < -0.4 is 9.47 Å². The van der Waals surface area contributed by atoms with E-state index in [0.717, 1.165) is 10.6 Å². The van der Waals surface area contributed by atoms with Gasteiger partial charge in [0.05, 0.1) is 17.1 Å². The van der Waals surface area contributed by atoms with Crippen LogP contribution in [0.25, 0.3) is 10.6 Å².